The molecule has 2 heterocycles. The Morgan fingerprint density at radius 2 is 2.32 bits per heavy atom. The molecule has 5 nitrogen and oxygen atoms in total. The van der Waals surface area contributed by atoms with E-state index in [2.05, 4.69) is 10.4 Å². The lowest BCUT2D eigenvalue weighted by Crippen LogP contribution is -2.16. The molecular weight excluding hydrogens is 298 g/mol. The number of aliphatic hydroxyl groups excluding tert-OH is 1. The van der Waals surface area contributed by atoms with Crippen LogP contribution in [0, 0.1) is 0 Å². The van der Waals surface area contributed by atoms with Crippen molar-refractivity contribution in [3.8, 4) is 0 Å². The number of thioether (sulfide) groups is 1. The maximum atomic E-state index is 12.4. The minimum atomic E-state index is -0.522. The topological polar surface area (TPSA) is 67.2 Å². The third-order valence-electron chi connectivity index (χ3n) is 3.80. The maximum absolute atomic E-state index is 12.4. The molecule has 6 heteroatoms. The SMILES string of the molecule is CSCc1ccccc1NC(=O)c1cc2n(n1)CCCC2O. The van der Waals surface area contributed by atoms with E-state index in [-0.39, 0.29) is 5.91 Å². The Bertz CT molecular complexity index is 684. The number of para-hydroxylation sites is 1. The van der Waals surface area contributed by atoms with Gasteiger partial charge in [-0.25, -0.2) is 0 Å². The summed E-state index contributed by atoms with van der Waals surface area (Å²) in [5.41, 5.74) is 2.99. The molecule has 1 aliphatic rings. The third kappa shape index (κ3) is 3.03. The zero-order chi connectivity index (χ0) is 15.5. The van der Waals surface area contributed by atoms with Gasteiger partial charge in [0.05, 0.1) is 11.8 Å². The predicted octanol–water partition coefficient (Wildman–Crippen LogP) is 2.83. The Morgan fingerprint density at radius 1 is 1.50 bits per heavy atom. The number of fused-ring (bicyclic) bond motifs is 1. The van der Waals surface area contributed by atoms with E-state index in [0.717, 1.165) is 42.1 Å². The van der Waals surface area contributed by atoms with E-state index in [1.807, 2.05) is 30.5 Å². The molecule has 3 rings (SSSR count). The molecule has 1 aliphatic heterocycles. The van der Waals surface area contributed by atoms with Gasteiger partial charge in [0.15, 0.2) is 5.69 Å². The molecule has 0 bridgehead atoms. The van der Waals surface area contributed by atoms with Crippen molar-refractivity contribution < 1.29 is 9.90 Å². The van der Waals surface area contributed by atoms with Crippen molar-refractivity contribution >= 4 is 23.4 Å². The van der Waals surface area contributed by atoms with Crippen molar-refractivity contribution in [2.24, 2.45) is 0 Å². The van der Waals surface area contributed by atoms with Crippen LogP contribution in [0.2, 0.25) is 0 Å². The number of aromatic nitrogens is 2. The second kappa shape index (κ2) is 6.54. The largest absolute Gasteiger partial charge is 0.387 e. The van der Waals surface area contributed by atoms with Crippen molar-refractivity contribution in [2.45, 2.75) is 31.2 Å². The summed E-state index contributed by atoms with van der Waals surface area (Å²) in [5, 5.41) is 17.2. The number of aliphatic hydroxyl groups is 1. The first-order valence-electron chi connectivity index (χ1n) is 7.33. The van der Waals surface area contributed by atoms with Gasteiger partial charge in [0, 0.05) is 18.0 Å². The monoisotopic (exact) mass is 317 g/mol. The second-order valence-electron chi connectivity index (χ2n) is 5.38. The minimum absolute atomic E-state index is 0.234. The van der Waals surface area contributed by atoms with Gasteiger partial charge in [-0.2, -0.15) is 16.9 Å². The van der Waals surface area contributed by atoms with Gasteiger partial charge in [-0.3, -0.25) is 9.48 Å². The molecule has 2 aromatic rings. The molecule has 0 saturated heterocycles. The zero-order valence-electron chi connectivity index (χ0n) is 12.5. The first-order chi connectivity index (χ1) is 10.7. The molecule has 0 aliphatic carbocycles. The second-order valence-corrected chi connectivity index (χ2v) is 6.25. The average Bonchev–Trinajstić information content (AvgIpc) is 2.95. The molecule has 116 valence electrons. The van der Waals surface area contributed by atoms with Crippen molar-refractivity contribution in [1.82, 2.24) is 9.78 Å². The number of amides is 1. The smallest absolute Gasteiger partial charge is 0.276 e. The summed E-state index contributed by atoms with van der Waals surface area (Å²) in [4.78, 5) is 12.4. The highest BCUT2D eigenvalue weighted by Gasteiger charge is 2.23. The lowest BCUT2D eigenvalue weighted by Gasteiger charge is -2.18. The van der Waals surface area contributed by atoms with Crippen LogP contribution in [0.25, 0.3) is 0 Å². The van der Waals surface area contributed by atoms with Gasteiger partial charge >= 0.3 is 0 Å². The molecular formula is C16H19N3O2S. The number of benzene rings is 1. The number of anilines is 1. The van der Waals surface area contributed by atoms with Gasteiger partial charge in [-0.05, 0) is 36.8 Å². The van der Waals surface area contributed by atoms with Gasteiger partial charge in [-0.15, -0.1) is 0 Å². The molecule has 22 heavy (non-hydrogen) atoms. The Kier molecular flexibility index (Phi) is 4.49. The number of nitrogens with zero attached hydrogens (tertiary/aromatic N) is 2. The van der Waals surface area contributed by atoms with Gasteiger partial charge in [0.1, 0.15) is 0 Å². The number of hydrogen-bond donors (Lipinski definition) is 2. The molecule has 0 fully saturated rings. The Balaban J connectivity index is 1.81. The van der Waals surface area contributed by atoms with Gasteiger partial charge in [0.25, 0.3) is 5.91 Å². The fraction of sp³-hybridized carbons (Fsp3) is 0.375. The molecule has 1 aromatic heterocycles. The average molecular weight is 317 g/mol. The van der Waals surface area contributed by atoms with Gasteiger partial charge in [0.2, 0.25) is 0 Å². The summed E-state index contributed by atoms with van der Waals surface area (Å²) in [5.74, 6) is 0.608. The molecule has 0 spiro atoms. The fourth-order valence-electron chi connectivity index (χ4n) is 2.68. The van der Waals surface area contributed by atoms with Crippen LogP contribution < -0.4 is 5.32 Å². The quantitative estimate of drug-likeness (QED) is 0.910. The first-order valence-corrected chi connectivity index (χ1v) is 8.72. The highest BCUT2D eigenvalue weighted by atomic mass is 32.2. The summed E-state index contributed by atoms with van der Waals surface area (Å²) in [7, 11) is 0. The van der Waals surface area contributed by atoms with Crippen LogP contribution in [0.3, 0.4) is 0 Å². The third-order valence-corrected chi connectivity index (χ3v) is 4.40. The minimum Gasteiger partial charge on any atom is -0.387 e. The van der Waals surface area contributed by atoms with Gasteiger partial charge in [-0.1, -0.05) is 18.2 Å². The summed E-state index contributed by atoms with van der Waals surface area (Å²) in [6.45, 7) is 0.753. The summed E-state index contributed by atoms with van der Waals surface area (Å²) in [6, 6.07) is 9.47. The van der Waals surface area contributed by atoms with Crippen LogP contribution in [0.15, 0.2) is 30.3 Å². The predicted molar refractivity (Wildman–Crippen MR) is 88.0 cm³/mol. The van der Waals surface area contributed by atoms with Crippen molar-refractivity contribution in [3.63, 3.8) is 0 Å². The van der Waals surface area contributed by atoms with Crippen molar-refractivity contribution in [2.75, 3.05) is 11.6 Å². The number of hydrogen-bond acceptors (Lipinski definition) is 4. The molecule has 1 aromatic carbocycles. The Hall–Kier alpha value is -1.79. The number of rotatable bonds is 4. The van der Waals surface area contributed by atoms with E-state index in [0.29, 0.717) is 5.69 Å². The standard InChI is InChI=1S/C16H19N3O2S/c1-22-10-11-5-2-3-6-12(11)17-16(21)13-9-14-15(20)7-4-8-19(14)18-13/h2-3,5-6,9,15,20H,4,7-8,10H2,1H3,(H,17,21). The first kappa shape index (κ1) is 15.1. The van der Waals surface area contributed by atoms with E-state index < -0.39 is 6.10 Å². The van der Waals surface area contributed by atoms with Crippen LogP contribution in [0.4, 0.5) is 5.69 Å². The number of carbonyl (C=O) groups is 1. The number of nitrogens with one attached hydrogen (secondary N) is 1. The van der Waals surface area contributed by atoms with E-state index in [1.54, 1.807) is 22.5 Å². The van der Waals surface area contributed by atoms with Crippen LogP contribution in [-0.2, 0) is 12.3 Å². The normalized spacial score (nSPS) is 17.1. The number of carbonyl (C=O) groups excluding carboxylic acids is 1. The van der Waals surface area contributed by atoms with Crippen LogP contribution in [0.1, 0.15) is 40.7 Å². The molecule has 1 unspecified atom stereocenters. The molecule has 2 N–H and O–H groups in total. The van der Waals surface area contributed by atoms with Crippen LogP contribution in [0.5, 0.6) is 0 Å². The highest BCUT2D eigenvalue weighted by Crippen LogP contribution is 2.26. The maximum Gasteiger partial charge on any atom is 0.276 e. The number of aryl methyl sites for hydroxylation is 1. The molecule has 1 atom stereocenters. The molecule has 1 amide bonds. The van der Waals surface area contributed by atoms with Crippen LogP contribution in [-0.4, -0.2) is 27.0 Å². The van der Waals surface area contributed by atoms with Gasteiger partial charge < -0.3 is 10.4 Å². The molecule has 0 radical (unpaired) electrons. The van der Waals surface area contributed by atoms with Crippen LogP contribution >= 0.6 is 11.8 Å². The fourth-order valence-corrected chi connectivity index (χ4v) is 3.24. The summed E-state index contributed by atoms with van der Waals surface area (Å²) in [6.07, 6.45) is 3.12. The Labute approximate surface area is 133 Å². The van der Waals surface area contributed by atoms with Crippen molar-refractivity contribution in [1.29, 1.82) is 0 Å². The lowest BCUT2D eigenvalue weighted by atomic mass is 10.1. The summed E-state index contributed by atoms with van der Waals surface area (Å²) >= 11 is 1.71. The zero-order valence-corrected chi connectivity index (χ0v) is 13.3. The van der Waals surface area contributed by atoms with E-state index in [9.17, 15) is 9.90 Å². The Morgan fingerprint density at radius 3 is 3.09 bits per heavy atom. The van der Waals surface area contributed by atoms with E-state index in [1.165, 1.54) is 0 Å². The van der Waals surface area contributed by atoms with Crippen molar-refractivity contribution in [3.05, 3.63) is 47.3 Å². The molecule has 0 saturated carbocycles. The van der Waals surface area contributed by atoms with E-state index in [4.69, 9.17) is 0 Å². The lowest BCUT2D eigenvalue weighted by molar-refractivity contribution is 0.102. The highest BCUT2D eigenvalue weighted by molar-refractivity contribution is 7.97. The summed E-state index contributed by atoms with van der Waals surface area (Å²) < 4.78 is 1.73. The van der Waals surface area contributed by atoms with E-state index >= 15 is 0 Å².